The molecule has 108 valence electrons. The van der Waals surface area contributed by atoms with Crippen LogP contribution in [0.25, 0.3) is 0 Å². The van der Waals surface area contributed by atoms with E-state index < -0.39 is 7.59 Å². The van der Waals surface area contributed by atoms with Gasteiger partial charge in [0.25, 0.3) is 0 Å². The molecule has 0 bridgehead atoms. The van der Waals surface area contributed by atoms with Crippen LogP contribution in [0.1, 0.15) is 11.1 Å². The Kier molecular flexibility index (Phi) is 7.28. The van der Waals surface area contributed by atoms with Gasteiger partial charge in [-0.2, -0.15) is 0 Å². The summed E-state index contributed by atoms with van der Waals surface area (Å²) in [5, 5.41) is 0. The monoisotopic (exact) mass is 388 g/mol. The fourth-order valence-electron chi connectivity index (χ4n) is 1.25. The van der Waals surface area contributed by atoms with E-state index in [-0.39, 0.29) is 0 Å². The van der Waals surface area contributed by atoms with Gasteiger partial charge >= 0.3 is 0 Å². The van der Waals surface area contributed by atoms with Crippen LogP contribution in [0.5, 0.6) is 0 Å². The second kappa shape index (κ2) is 7.98. The molecule has 0 amide bonds. The molecule has 0 fully saturated rings. The van der Waals surface area contributed by atoms with Crippen LogP contribution in [-0.4, -0.2) is 0 Å². The van der Waals surface area contributed by atoms with E-state index >= 15 is 0 Å². The molecule has 0 heterocycles. The standard InChI is InChI=1S/2C7H5Cl3/c2*8-7(9,10)6-4-2-1-3-5-6/h2*1-5H. The maximum Gasteiger partial charge on any atom is 0.216 e. The predicted molar refractivity (Wildman–Crippen MR) is 91.4 cm³/mol. The number of benzene rings is 2. The average molecular weight is 391 g/mol. The molecule has 0 spiro atoms. The van der Waals surface area contributed by atoms with Crippen LogP contribution in [-0.2, 0) is 7.59 Å². The first-order valence-electron chi connectivity index (χ1n) is 5.46. The van der Waals surface area contributed by atoms with E-state index in [1.54, 1.807) is 24.3 Å². The van der Waals surface area contributed by atoms with Crippen molar-refractivity contribution in [3.05, 3.63) is 71.8 Å². The van der Waals surface area contributed by atoms with Gasteiger partial charge < -0.3 is 0 Å². The van der Waals surface area contributed by atoms with Crippen LogP contribution in [0.15, 0.2) is 60.7 Å². The lowest BCUT2D eigenvalue weighted by atomic mass is 10.2. The SMILES string of the molecule is ClC(Cl)(Cl)c1ccccc1.ClC(Cl)(Cl)c1ccccc1. The van der Waals surface area contributed by atoms with Crippen LogP contribution >= 0.6 is 69.6 Å². The number of rotatable bonds is 0. The van der Waals surface area contributed by atoms with Crippen molar-refractivity contribution in [1.82, 2.24) is 0 Å². The Balaban J connectivity index is 0.000000200. The molecule has 0 N–H and O–H groups in total. The molecule has 2 rings (SSSR count). The lowest BCUT2D eigenvalue weighted by Crippen LogP contribution is -1.98. The molecular formula is C14H10Cl6. The molecule has 0 aliphatic rings. The molecule has 0 aromatic heterocycles. The topological polar surface area (TPSA) is 0 Å². The summed E-state index contributed by atoms with van der Waals surface area (Å²) in [6.45, 7) is 0. The molecule has 20 heavy (non-hydrogen) atoms. The van der Waals surface area contributed by atoms with E-state index in [9.17, 15) is 0 Å². The summed E-state index contributed by atoms with van der Waals surface area (Å²) in [5.74, 6) is 0. The summed E-state index contributed by atoms with van der Waals surface area (Å²) in [4.78, 5) is 0. The Bertz CT molecular complexity index is 449. The second-order valence-corrected chi connectivity index (χ2v) is 8.29. The number of alkyl halides is 6. The van der Waals surface area contributed by atoms with Gasteiger partial charge in [0, 0.05) is 11.1 Å². The summed E-state index contributed by atoms with van der Waals surface area (Å²) < 4.78 is -2.58. The van der Waals surface area contributed by atoms with E-state index in [2.05, 4.69) is 0 Å². The van der Waals surface area contributed by atoms with Gasteiger partial charge in [0.1, 0.15) is 0 Å². The van der Waals surface area contributed by atoms with Crippen molar-refractivity contribution in [3.63, 3.8) is 0 Å². The third-order valence-electron chi connectivity index (χ3n) is 2.20. The quantitative estimate of drug-likeness (QED) is 0.423. The Labute approximate surface area is 148 Å². The fraction of sp³-hybridized carbons (Fsp3) is 0.143. The number of halogens is 6. The second-order valence-electron chi connectivity index (χ2n) is 3.73. The van der Waals surface area contributed by atoms with E-state index in [0.717, 1.165) is 0 Å². The van der Waals surface area contributed by atoms with Gasteiger partial charge in [-0.25, -0.2) is 0 Å². The zero-order valence-corrected chi connectivity index (χ0v) is 14.6. The minimum Gasteiger partial charge on any atom is -0.0784 e. The van der Waals surface area contributed by atoms with Crippen molar-refractivity contribution >= 4 is 69.6 Å². The maximum absolute atomic E-state index is 5.59. The van der Waals surface area contributed by atoms with E-state index in [1.165, 1.54) is 0 Å². The molecule has 0 aliphatic heterocycles. The molecule has 0 saturated heterocycles. The fourth-order valence-corrected chi connectivity index (χ4v) is 2.01. The molecule has 0 unspecified atom stereocenters. The first-order valence-corrected chi connectivity index (χ1v) is 7.72. The lowest BCUT2D eigenvalue weighted by molar-refractivity contribution is 1.24. The summed E-state index contributed by atoms with van der Waals surface area (Å²) in [5.41, 5.74) is 1.39. The Morgan fingerprint density at radius 2 is 0.700 bits per heavy atom. The van der Waals surface area contributed by atoms with Crippen LogP contribution in [0, 0.1) is 0 Å². The highest BCUT2D eigenvalue weighted by Crippen LogP contribution is 2.38. The molecule has 6 heteroatoms. The highest BCUT2D eigenvalue weighted by Gasteiger charge is 2.21. The Morgan fingerprint density at radius 3 is 0.850 bits per heavy atom. The molecule has 0 saturated carbocycles. The summed E-state index contributed by atoms with van der Waals surface area (Å²) >= 11 is 33.5. The van der Waals surface area contributed by atoms with Gasteiger partial charge in [0.2, 0.25) is 7.59 Å². The number of hydrogen-bond donors (Lipinski definition) is 0. The minimum absolute atomic E-state index is 0.694. The van der Waals surface area contributed by atoms with Crippen molar-refractivity contribution < 1.29 is 0 Å². The van der Waals surface area contributed by atoms with Crippen molar-refractivity contribution in [1.29, 1.82) is 0 Å². The van der Waals surface area contributed by atoms with Crippen molar-refractivity contribution in [3.8, 4) is 0 Å². The Hall–Kier alpha value is 0.180. The van der Waals surface area contributed by atoms with Crippen LogP contribution in [0.4, 0.5) is 0 Å². The normalized spacial score (nSPS) is 11.5. The van der Waals surface area contributed by atoms with Crippen LogP contribution in [0.2, 0.25) is 0 Å². The minimum atomic E-state index is -1.29. The molecule has 0 aliphatic carbocycles. The molecule has 0 radical (unpaired) electrons. The van der Waals surface area contributed by atoms with Crippen LogP contribution < -0.4 is 0 Å². The molecule has 2 aromatic rings. The van der Waals surface area contributed by atoms with Gasteiger partial charge in [-0.1, -0.05) is 130 Å². The largest absolute Gasteiger partial charge is 0.216 e. The van der Waals surface area contributed by atoms with Crippen LogP contribution in [0.3, 0.4) is 0 Å². The van der Waals surface area contributed by atoms with Crippen molar-refractivity contribution in [2.24, 2.45) is 0 Å². The number of hydrogen-bond acceptors (Lipinski definition) is 0. The predicted octanol–water partition coefficient (Wildman–Crippen LogP) is 7.03. The lowest BCUT2D eigenvalue weighted by Gasteiger charge is -2.09. The van der Waals surface area contributed by atoms with Crippen molar-refractivity contribution in [2.45, 2.75) is 7.59 Å². The smallest absolute Gasteiger partial charge is 0.0784 e. The summed E-state index contributed by atoms with van der Waals surface area (Å²) in [7, 11) is 0. The van der Waals surface area contributed by atoms with E-state index in [4.69, 9.17) is 69.6 Å². The van der Waals surface area contributed by atoms with E-state index in [1.807, 2.05) is 36.4 Å². The molecule has 0 atom stereocenters. The zero-order chi connectivity index (χ0) is 15.2. The summed E-state index contributed by atoms with van der Waals surface area (Å²) in [6, 6.07) is 18.2. The third kappa shape index (κ3) is 6.76. The molecule has 2 aromatic carbocycles. The highest BCUT2D eigenvalue weighted by atomic mass is 35.6. The first-order chi connectivity index (χ1) is 9.21. The highest BCUT2D eigenvalue weighted by molar-refractivity contribution is 6.67. The van der Waals surface area contributed by atoms with Gasteiger partial charge in [-0.05, 0) is 0 Å². The maximum atomic E-state index is 5.59. The van der Waals surface area contributed by atoms with Crippen molar-refractivity contribution in [2.75, 3.05) is 0 Å². The molecular weight excluding hydrogens is 381 g/mol. The zero-order valence-electron chi connectivity index (χ0n) is 10.0. The molecule has 0 nitrogen and oxygen atoms in total. The summed E-state index contributed by atoms with van der Waals surface area (Å²) in [6.07, 6.45) is 0. The van der Waals surface area contributed by atoms with Gasteiger partial charge in [-0.15, -0.1) is 0 Å². The Morgan fingerprint density at radius 1 is 0.450 bits per heavy atom. The average Bonchev–Trinajstić information content (AvgIpc) is 2.40. The van der Waals surface area contributed by atoms with Gasteiger partial charge in [0.05, 0.1) is 0 Å². The van der Waals surface area contributed by atoms with Gasteiger partial charge in [0.15, 0.2) is 0 Å². The van der Waals surface area contributed by atoms with E-state index in [0.29, 0.717) is 11.1 Å². The van der Waals surface area contributed by atoms with Gasteiger partial charge in [-0.3, -0.25) is 0 Å². The third-order valence-corrected chi connectivity index (χ3v) is 3.51. The first kappa shape index (κ1) is 18.2.